The molecule has 0 saturated heterocycles. The van der Waals surface area contributed by atoms with Gasteiger partial charge in [-0.05, 0) is 71.0 Å². The molecule has 0 fully saturated rings. The highest BCUT2D eigenvalue weighted by molar-refractivity contribution is 7.89. The largest absolute Gasteiger partial charge is 0.473 e. The number of rotatable bonds is 9. The number of amides is 1. The molecule has 2 aromatic carbocycles. The fourth-order valence-corrected chi connectivity index (χ4v) is 4.28. The Hall–Kier alpha value is -3.86. The van der Waals surface area contributed by atoms with Gasteiger partial charge >= 0.3 is 5.97 Å². The molecule has 0 spiro atoms. The number of nitrogens with one attached hydrogen (secondary N) is 2. The second-order valence-corrected chi connectivity index (χ2v) is 10.9. The number of hydrogen-bond acceptors (Lipinski definition) is 7. The molecule has 0 heterocycles. The lowest BCUT2D eigenvalue weighted by Gasteiger charge is -2.33. The number of esters is 1. The zero-order chi connectivity index (χ0) is 27.1. The molecule has 0 aliphatic rings. The van der Waals surface area contributed by atoms with Crippen LogP contribution in [0.15, 0.2) is 53.4 Å². The lowest BCUT2D eigenvalue weighted by Crippen LogP contribution is -2.61. The van der Waals surface area contributed by atoms with E-state index in [1.54, 1.807) is 39.8 Å². The van der Waals surface area contributed by atoms with Gasteiger partial charge in [-0.2, -0.15) is 9.98 Å². The van der Waals surface area contributed by atoms with Crippen LogP contribution in [0, 0.1) is 30.6 Å². The summed E-state index contributed by atoms with van der Waals surface area (Å²) in [5.41, 5.74) is -1.39. The van der Waals surface area contributed by atoms with E-state index in [2.05, 4.69) is 16.0 Å². The first-order chi connectivity index (χ1) is 16.7. The van der Waals surface area contributed by atoms with Crippen LogP contribution in [0.3, 0.4) is 0 Å². The summed E-state index contributed by atoms with van der Waals surface area (Å²) in [4.78, 5) is 25.2. The molecule has 0 aromatic heterocycles. The molecule has 0 radical (unpaired) electrons. The number of benzene rings is 2. The van der Waals surface area contributed by atoms with E-state index in [-0.39, 0.29) is 10.6 Å². The van der Waals surface area contributed by atoms with E-state index in [1.807, 2.05) is 6.07 Å². The molecule has 9 nitrogen and oxygen atoms in total. The summed E-state index contributed by atoms with van der Waals surface area (Å²) in [6.45, 7) is 7.67. The van der Waals surface area contributed by atoms with Crippen LogP contribution in [0.4, 0.5) is 0 Å². The molecule has 0 aliphatic heterocycles. The van der Waals surface area contributed by atoms with Crippen LogP contribution in [-0.2, 0) is 24.3 Å². The molecule has 0 unspecified atom stereocenters. The molecule has 0 bridgehead atoms. The predicted octanol–water partition coefficient (Wildman–Crippen LogP) is 2.44. The number of carbonyl (C=O) groups excluding carboxylic acids is 2. The van der Waals surface area contributed by atoms with Crippen molar-refractivity contribution in [1.29, 1.82) is 5.26 Å². The van der Waals surface area contributed by atoms with Gasteiger partial charge in [0.05, 0.1) is 16.5 Å². The fourth-order valence-electron chi connectivity index (χ4n) is 3.01. The number of nitrogens with zero attached hydrogens (tertiary/aromatic N) is 1. The third kappa shape index (κ3) is 7.84. The van der Waals surface area contributed by atoms with Gasteiger partial charge in [0.1, 0.15) is 17.9 Å². The van der Waals surface area contributed by atoms with E-state index in [0.717, 1.165) is 5.56 Å². The van der Waals surface area contributed by atoms with Gasteiger partial charge < -0.3 is 14.8 Å². The maximum Gasteiger partial charge on any atom is 0.325 e. The Morgan fingerprint density at radius 3 is 2.14 bits per heavy atom. The van der Waals surface area contributed by atoms with Crippen LogP contribution in [0.1, 0.15) is 38.8 Å². The normalized spacial score (nSPS) is 13.9. The number of sulfonamides is 1. The summed E-state index contributed by atoms with van der Waals surface area (Å²) >= 11 is 0. The topological polar surface area (TPSA) is 135 Å². The molecule has 2 N–H and O–H groups in total. The summed E-state index contributed by atoms with van der Waals surface area (Å²) in [5, 5.41) is 11.4. The number of hydrogen-bond donors (Lipinski definition) is 2. The van der Waals surface area contributed by atoms with Crippen molar-refractivity contribution in [1.82, 2.24) is 10.0 Å². The first kappa shape index (κ1) is 28.4. The Kier molecular flexibility index (Phi) is 8.87. The number of nitriles is 1. The second-order valence-electron chi connectivity index (χ2n) is 9.16. The number of carbonyl (C=O) groups is 2. The minimum absolute atomic E-state index is 0.0872. The van der Waals surface area contributed by atoms with Crippen molar-refractivity contribution in [2.75, 3.05) is 6.54 Å². The third-order valence-corrected chi connectivity index (χ3v) is 6.28. The monoisotopic (exact) mass is 511 g/mol. The fraction of sp³-hybridized carbons (Fsp3) is 0.346. The molecule has 2 aromatic rings. The number of ether oxygens (including phenoxy) is 2. The first-order valence-corrected chi connectivity index (χ1v) is 12.4. The van der Waals surface area contributed by atoms with Gasteiger partial charge in [0, 0.05) is 0 Å². The van der Waals surface area contributed by atoms with Crippen LogP contribution >= 0.6 is 0 Å². The van der Waals surface area contributed by atoms with E-state index in [0.29, 0.717) is 5.56 Å². The zero-order valence-corrected chi connectivity index (χ0v) is 21.6. The van der Waals surface area contributed by atoms with Crippen molar-refractivity contribution in [3.05, 3.63) is 59.7 Å². The van der Waals surface area contributed by atoms with Crippen molar-refractivity contribution in [2.24, 2.45) is 0 Å². The van der Waals surface area contributed by atoms with Crippen LogP contribution in [0.25, 0.3) is 0 Å². The molecule has 2 rings (SSSR count). The van der Waals surface area contributed by atoms with Gasteiger partial charge in [-0.1, -0.05) is 23.6 Å². The summed E-state index contributed by atoms with van der Waals surface area (Å²) in [6, 6.07) is 12.2. The molecule has 190 valence electrons. The highest BCUT2D eigenvalue weighted by atomic mass is 32.2. The Bertz CT molecular complexity index is 1280. The molecule has 1 amide bonds. The van der Waals surface area contributed by atoms with Gasteiger partial charge in [-0.15, -0.1) is 6.42 Å². The molecule has 0 aliphatic carbocycles. The minimum Gasteiger partial charge on any atom is -0.473 e. The van der Waals surface area contributed by atoms with E-state index >= 15 is 0 Å². The summed E-state index contributed by atoms with van der Waals surface area (Å²) < 4.78 is 39.7. The summed E-state index contributed by atoms with van der Waals surface area (Å²) in [5.74, 6) is 0.943. The van der Waals surface area contributed by atoms with Crippen molar-refractivity contribution in [2.45, 2.75) is 56.8 Å². The Morgan fingerprint density at radius 2 is 1.64 bits per heavy atom. The van der Waals surface area contributed by atoms with Crippen molar-refractivity contribution in [3.8, 4) is 24.2 Å². The molecule has 0 saturated carbocycles. The van der Waals surface area contributed by atoms with Crippen LogP contribution < -0.4 is 14.8 Å². The third-order valence-electron chi connectivity index (χ3n) is 4.84. The second kappa shape index (κ2) is 11.3. The summed E-state index contributed by atoms with van der Waals surface area (Å²) in [7, 11) is -4.23. The van der Waals surface area contributed by atoms with Gasteiger partial charge in [0.2, 0.25) is 15.9 Å². The average Bonchev–Trinajstić information content (AvgIpc) is 2.80. The highest BCUT2D eigenvalue weighted by Gasteiger charge is 2.43. The Morgan fingerprint density at radius 1 is 1.06 bits per heavy atom. The van der Waals surface area contributed by atoms with Gasteiger partial charge in [0.15, 0.2) is 11.6 Å². The standard InChI is InChI=1S/C26H29N3O6S/c1-7-26(6,34-20-12-10-19(16-27)11-13-20)23(24(31)28-17-22(30)35-25(3,4)5)29-36(32,33)21-14-8-18(2)9-15-21/h1,8-15,23,29H,17H2,2-6H3,(H,28,31)/t23-,26-/m1/s1. The number of terminal acetylenes is 1. The summed E-state index contributed by atoms with van der Waals surface area (Å²) in [6.07, 6.45) is 5.73. The minimum atomic E-state index is -4.23. The quantitative estimate of drug-likeness (QED) is 0.390. The van der Waals surface area contributed by atoms with Crippen molar-refractivity contribution < 1.29 is 27.5 Å². The zero-order valence-electron chi connectivity index (χ0n) is 20.8. The smallest absolute Gasteiger partial charge is 0.325 e. The van der Waals surface area contributed by atoms with Crippen LogP contribution in [0.5, 0.6) is 5.75 Å². The molecule has 2 atom stereocenters. The Balaban J connectivity index is 2.40. The van der Waals surface area contributed by atoms with Crippen LogP contribution in [-0.4, -0.2) is 44.1 Å². The Labute approximate surface area is 211 Å². The first-order valence-electron chi connectivity index (χ1n) is 10.9. The van der Waals surface area contributed by atoms with Crippen molar-refractivity contribution >= 4 is 21.9 Å². The highest BCUT2D eigenvalue weighted by Crippen LogP contribution is 2.24. The maximum atomic E-state index is 13.2. The molecular formula is C26H29N3O6S. The van der Waals surface area contributed by atoms with Crippen LogP contribution in [0.2, 0.25) is 0 Å². The molecule has 36 heavy (non-hydrogen) atoms. The SMILES string of the molecule is C#C[C@@](C)(Oc1ccc(C#N)cc1)[C@H](NS(=O)(=O)c1ccc(C)cc1)C(=O)NCC(=O)OC(C)(C)C. The lowest BCUT2D eigenvalue weighted by molar-refractivity contribution is -0.154. The van der Waals surface area contributed by atoms with E-state index in [4.69, 9.17) is 21.2 Å². The number of aryl methyl sites for hydroxylation is 1. The van der Waals surface area contributed by atoms with Gasteiger partial charge in [-0.3, -0.25) is 9.59 Å². The van der Waals surface area contributed by atoms with E-state index in [1.165, 1.54) is 43.3 Å². The van der Waals surface area contributed by atoms with Crippen molar-refractivity contribution in [3.63, 3.8) is 0 Å². The predicted molar refractivity (Wildman–Crippen MR) is 133 cm³/mol. The van der Waals surface area contributed by atoms with E-state index < -0.39 is 45.7 Å². The molecule has 10 heteroatoms. The van der Waals surface area contributed by atoms with E-state index in [9.17, 15) is 18.0 Å². The maximum absolute atomic E-state index is 13.2. The van der Waals surface area contributed by atoms with Gasteiger partial charge in [-0.25, -0.2) is 8.42 Å². The lowest BCUT2D eigenvalue weighted by atomic mass is 9.96. The average molecular weight is 512 g/mol. The molecular weight excluding hydrogens is 482 g/mol. The van der Waals surface area contributed by atoms with Gasteiger partial charge in [0.25, 0.3) is 0 Å².